The number of nitrogens with one attached hydrogen (secondary N) is 3. The quantitative estimate of drug-likeness (QED) is 0.402. The molecule has 0 radical (unpaired) electrons. The van der Waals surface area contributed by atoms with E-state index in [1.807, 2.05) is 45.9 Å². The van der Waals surface area contributed by atoms with Crippen LogP contribution in [0.4, 0.5) is 15.8 Å². The maximum atomic E-state index is 15.3. The molecule has 3 rings (SSSR count). The van der Waals surface area contributed by atoms with Gasteiger partial charge in [0.05, 0.1) is 29.7 Å². The molecule has 3 N–H and O–H groups in total. The molecule has 0 unspecified atom stereocenters. The van der Waals surface area contributed by atoms with Gasteiger partial charge >= 0.3 is 0 Å². The zero-order chi connectivity index (χ0) is 22.3. The van der Waals surface area contributed by atoms with Crippen LogP contribution in [0.3, 0.4) is 0 Å². The van der Waals surface area contributed by atoms with Gasteiger partial charge in [-0.15, -0.1) is 0 Å². The number of halogens is 1. The number of carbonyl (C=O) groups excluding carboxylic acids is 1. The topological polar surface area (TPSA) is 80.2 Å². The number of hydroxylamine groups is 1. The first-order valence-corrected chi connectivity index (χ1v) is 9.97. The Bertz CT molecular complexity index is 1020. The second-order valence-corrected chi connectivity index (χ2v) is 6.66. The van der Waals surface area contributed by atoms with Crippen LogP contribution in [0.15, 0.2) is 30.6 Å². The van der Waals surface area contributed by atoms with Crippen LogP contribution in [-0.4, -0.2) is 35.7 Å². The number of fused-ring (bicyclic) bond motifs is 1. The fraction of sp³-hybridized carbons (Fsp3) is 0.364. The Hall–Kier alpha value is -2.97. The summed E-state index contributed by atoms with van der Waals surface area (Å²) in [7, 11) is 3.53. The van der Waals surface area contributed by atoms with Gasteiger partial charge in [0.1, 0.15) is 5.52 Å². The lowest BCUT2D eigenvalue weighted by Crippen LogP contribution is -2.28. The summed E-state index contributed by atoms with van der Waals surface area (Å²) >= 11 is 0. The molecule has 0 aliphatic rings. The standard InChI is InChI=1S/C20H24FN5O2.C2H6/c1-12-5-6-15(13(2)9-12)24-18-14(20(27)25-28-8-7-22-3)10-16-19(17(18)21)23-11-26(16)4;1-2/h5-6,9-11,22,24H,7-8H2,1-4H3,(H,25,27);1-2H3. The Balaban J connectivity index is 0.00000155. The summed E-state index contributed by atoms with van der Waals surface area (Å²) in [4.78, 5) is 22.0. The van der Waals surface area contributed by atoms with Gasteiger partial charge in [-0.05, 0) is 38.6 Å². The number of anilines is 2. The van der Waals surface area contributed by atoms with Crippen molar-refractivity contribution in [1.29, 1.82) is 0 Å². The van der Waals surface area contributed by atoms with Crippen LogP contribution >= 0.6 is 0 Å². The van der Waals surface area contributed by atoms with E-state index >= 15 is 4.39 Å². The molecule has 0 aliphatic heterocycles. The van der Waals surface area contributed by atoms with Crippen molar-refractivity contribution < 1.29 is 14.0 Å². The maximum absolute atomic E-state index is 15.3. The number of rotatable bonds is 7. The SMILES string of the molecule is CC.CNCCONC(=O)c1cc2c(ncn2C)c(F)c1Nc1ccc(C)cc1C. The molecule has 0 fully saturated rings. The zero-order valence-electron chi connectivity index (χ0n) is 18.4. The van der Waals surface area contributed by atoms with Crippen molar-refractivity contribution in [3.63, 3.8) is 0 Å². The molecular formula is C22H30FN5O2. The molecule has 30 heavy (non-hydrogen) atoms. The first kappa shape index (κ1) is 23.3. The molecule has 7 nitrogen and oxygen atoms in total. The summed E-state index contributed by atoms with van der Waals surface area (Å²) < 4.78 is 16.9. The van der Waals surface area contributed by atoms with Gasteiger partial charge in [0.25, 0.3) is 5.91 Å². The Labute approximate surface area is 176 Å². The third-order valence-electron chi connectivity index (χ3n) is 4.47. The van der Waals surface area contributed by atoms with Crippen molar-refractivity contribution in [3.8, 4) is 0 Å². The molecule has 8 heteroatoms. The van der Waals surface area contributed by atoms with Crippen LogP contribution in [-0.2, 0) is 11.9 Å². The third-order valence-corrected chi connectivity index (χ3v) is 4.47. The van der Waals surface area contributed by atoms with Crippen LogP contribution < -0.4 is 16.1 Å². The van der Waals surface area contributed by atoms with E-state index in [0.717, 1.165) is 11.1 Å². The molecule has 1 heterocycles. The van der Waals surface area contributed by atoms with Gasteiger partial charge < -0.3 is 15.2 Å². The molecule has 0 spiro atoms. The van der Waals surface area contributed by atoms with Gasteiger partial charge in [-0.25, -0.2) is 14.9 Å². The number of likely N-dealkylation sites (N-methyl/N-ethyl adjacent to an activating group) is 1. The molecule has 0 saturated carbocycles. The van der Waals surface area contributed by atoms with E-state index in [1.54, 1.807) is 24.7 Å². The highest BCUT2D eigenvalue weighted by atomic mass is 19.1. The Morgan fingerprint density at radius 2 is 1.97 bits per heavy atom. The smallest absolute Gasteiger partial charge is 0.277 e. The number of carbonyl (C=O) groups is 1. The van der Waals surface area contributed by atoms with E-state index in [0.29, 0.717) is 24.4 Å². The average Bonchev–Trinajstić information content (AvgIpc) is 3.11. The minimum absolute atomic E-state index is 0.0628. The van der Waals surface area contributed by atoms with E-state index in [2.05, 4.69) is 21.1 Å². The molecule has 0 aliphatic carbocycles. The number of aromatic nitrogens is 2. The third kappa shape index (κ3) is 5.14. The Morgan fingerprint density at radius 1 is 1.23 bits per heavy atom. The molecular weight excluding hydrogens is 385 g/mol. The lowest BCUT2D eigenvalue weighted by atomic mass is 10.1. The fourth-order valence-corrected chi connectivity index (χ4v) is 2.94. The van der Waals surface area contributed by atoms with Crippen molar-refractivity contribution in [3.05, 3.63) is 53.1 Å². The minimum Gasteiger partial charge on any atom is -0.352 e. The van der Waals surface area contributed by atoms with Crippen LogP contribution in [0.1, 0.15) is 35.3 Å². The van der Waals surface area contributed by atoms with Crippen molar-refractivity contribution >= 4 is 28.3 Å². The Morgan fingerprint density at radius 3 is 2.63 bits per heavy atom. The molecule has 2 aromatic carbocycles. The molecule has 0 saturated heterocycles. The van der Waals surface area contributed by atoms with Crippen LogP contribution in [0.25, 0.3) is 11.0 Å². The first-order valence-electron chi connectivity index (χ1n) is 9.97. The van der Waals surface area contributed by atoms with E-state index in [1.165, 1.54) is 6.33 Å². The number of hydrogen-bond acceptors (Lipinski definition) is 5. The lowest BCUT2D eigenvalue weighted by molar-refractivity contribution is 0.0329. The van der Waals surface area contributed by atoms with E-state index in [-0.39, 0.29) is 16.8 Å². The number of benzene rings is 2. The van der Waals surface area contributed by atoms with Crippen molar-refractivity contribution in [2.24, 2.45) is 7.05 Å². The lowest BCUT2D eigenvalue weighted by Gasteiger charge is -2.16. The highest BCUT2D eigenvalue weighted by molar-refractivity contribution is 6.04. The van der Waals surface area contributed by atoms with Crippen molar-refractivity contribution in [1.82, 2.24) is 20.3 Å². The summed E-state index contributed by atoms with van der Waals surface area (Å²) in [6, 6.07) is 7.37. The normalized spacial score (nSPS) is 10.5. The van der Waals surface area contributed by atoms with Gasteiger partial charge in [-0.2, -0.15) is 0 Å². The number of nitrogens with zero attached hydrogens (tertiary/aromatic N) is 2. The van der Waals surface area contributed by atoms with Crippen molar-refractivity contribution in [2.75, 3.05) is 25.5 Å². The van der Waals surface area contributed by atoms with Crippen molar-refractivity contribution in [2.45, 2.75) is 27.7 Å². The number of hydrogen-bond donors (Lipinski definition) is 3. The maximum Gasteiger partial charge on any atom is 0.277 e. The second kappa shape index (κ2) is 10.7. The molecule has 1 amide bonds. The van der Waals surface area contributed by atoms with Gasteiger partial charge in [0.2, 0.25) is 0 Å². The molecule has 162 valence electrons. The summed E-state index contributed by atoms with van der Waals surface area (Å²) in [6.45, 7) is 8.77. The molecule has 3 aromatic rings. The fourth-order valence-electron chi connectivity index (χ4n) is 2.94. The number of aryl methyl sites for hydroxylation is 3. The number of amides is 1. The summed E-state index contributed by atoms with van der Waals surface area (Å²) in [5.41, 5.74) is 6.04. The van der Waals surface area contributed by atoms with Gasteiger partial charge in [-0.3, -0.25) is 9.63 Å². The zero-order valence-corrected chi connectivity index (χ0v) is 18.4. The molecule has 1 aromatic heterocycles. The highest BCUT2D eigenvalue weighted by Gasteiger charge is 2.22. The van der Waals surface area contributed by atoms with Gasteiger partial charge in [-0.1, -0.05) is 31.5 Å². The summed E-state index contributed by atoms with van der Waals surface area (Å²) in [5, 5.41) is 5.98. The summed E-state index contributed by atoms with van der Waals surface area (Å²) in [6.07, 6.45) is 1.51. The predicted molar refractivity (Wildman–Crippen MR) is 119 cm³/mol. The Kier molecular flexibility index (Phi) is 8.32. The van der Waals surface area contributed by atoms with Gasteiger partial charge in [0.15, 0.2) is 5.82 Å². The predicted octanol–water partition coefficient (Wildman–Crippen LogP) is 3.98. The van der Waals surface area contributed by atoms with Crippen LogP contribution in [0, 0.1) is 19.7 Å². The van der Waals surface area contributed by atoms with E-state index in [4.69, 9.17) is 4.84 Å². The molecule has 0 atom stereocenters. The molecule has 0 bridgehead atoms. The minimum atomic E-state index is -0.585. The van der Waals surface area contributed by atoms with E-state index in [9.17, 15) is 4.79 Å². The largest absolute Gasteiger partial charge is 0.352 e. The van der Waals surface area contributed by atoms with Gasteiger partial charge in [0, 0.05) is 19.3 Å². The summed E-state index contributed by atoms with van der Waals surface area (Å²) in [5.74, 6) is -1.12. The monoisotopic (exact) mass is 415 g/mol. The van der Waals surface area contributed by atoms with E-state index < -0.39 is 11.7 Å². The second-order valence-electron chi connectivity index (χ2n) is 6.66. The first-order chi connectivity index (χ1) is 14.4. The van der Waals surface area contributed by atoms with Crippen LogP contribution in [0.5, 0.6) is 0 Å². The average molecular weight is 416 g/mol. The van der Waals surface area contributed by atoms with Crippen LogP contribution in [0.2, 0.25) is 0 Å². The number of imidazole rings is 1. The highest BCUT2D eigenvalue weighted by Crippen LogP contribution is 2.31.